The number of fused-ring (bicyclic) bond motifs is 1. The summed E-state index contributed by atoms with van der Waals surface area (Å²) in [5.41, 5.74) is 1.50. The molecule has 1 aliphatic heterocycles. The van der Waals surface area contributed by atoms with E-state index in [1.54, 1.807) is 51.3 Å². The molecule has 0 saturated heterocycles. The van der Waals surface area contributed by atoms with E-state index in [0.717, 1.165) is 4.31 Å². The molecule has 1 unspecified atom stereocenters. The lowest BCUT2D eigenvalue weighted by molar-refractivity contribution is -0.122. The maximum absolute atomic E-state index is 13.2. The maximum atomic E-state index is 13.2. The second-order valence-electron chi connectivity index (χ2n) is 7.46. The molecule has 1 N–H and O–H groups in total. The average molecular weight is 462 g/mol. The van der Waals surface area contributed by atoms with Crippen LogP contribution in [0.15, 0.2) is 41.3 Å². The van der Waals surface area contributed by atoms with Crippen LogP contribution in [0.3, 0.4) is 0 Å². The number of hydrogen-bond donors (Lipinski definition) is 1. The van der Waals surface area contributed by atoms with Crippen LogP contribution in [-0.4, -0.2) is 57.9 Å². The first-order valence-electron chi connectivity index (χ1n) is 10.1. The number of methoxy groups -OCH3 is 1. The van der Waals surface area contributed by atoms with E-state index in [9.17, 15) is 18.0 Å². The third kappa shape index (κ3) is 4.56. The Morgan fingerprint density at radius 2 is 1.88 bits per heavy atom. The van der Waals surface area contributed by atoms with E-state index in [1.165, 1.54) is 18.0 Å². The number of aryl methyl sites for hydroxylation is 1. The predicted octanol–water partition coefficient (Wildman–Crippen LogP) is 2.40. The Balaban J connectivity index is 1.83. The normalized spacial score (nSPS) is 15.6. The van der Waals surface area contributed by atoms with Gasteiger partial charge in [-0.3, -0.25) is 9.59 Å². The van der Waals surface area contributed by atoms with Gasteiger partial charge in [0.1, 0.15) is 11.5 Å². The number of nitrogens with one attached hydrogen (secondary N) is 1. The minimum absolute atomic E-state index is 0.0161. The van der Waals surface area contributed by atoms with Crippen molar-refractivity contribution in [1.29, 1.82) is 0 Å². The van der Waals surface area contributed by atoms with E-state index in [-0.39, 0.29) is 29.0 Å². The molecule has 1 aliphatic rings. The summed E-state index contributed by atoms with van der Waals surface area (Å²) in [6, 6.07) is 9.91. The molecule has 9 nitrogen and oxygen atoms in total. The van der Waals surface area contributed by atoms with Gasteiger partial charge in [0.15, 0.2) is 6.10 Å². The number of anilines is 2. The van der Waals surface area contributed by atoms with Crippen LogP contribution in [0, 0.1) is 6.92 Å². The molecule has 2 aromatic carbocycles. The van der Waals surface area contributed by atoms with Gasteiger partial charge in [0, 0.05) is 25.3 Å². The first-order chi connectivity index (χ1) is 15.1. The fraction of sp³-hybridized carbons (Fsp3) is 0.364. The zero-order valence-corrected chi connectivity index (χ0v) is 19.5. The highest BCUT2D eigenvalue weighted by atomic mass is 32.2. The molecule has 0 aliphatic carbocycles. The second-order valence-corrected chi connectivity index (χ2v) is 9.47. The van der Waals surface area contributed by atoms with Crippen molar-refractivity contribution in [2.24, 2.45) is 0 Å². The summed E-state index contributed by atoms with van der Waals surface area (Å²) >= 11 is 0. The monoisotopic (exact) mass is 461 g/mol. The van der Waals surface area contributed by atoms with Gasteiger partial charge in [-0.25, -0.2) is 8.42 Å². The molecule has 1 heterocycles. The Bertz CT molecular complexity index is 1130. The van der Waals surface area contributed by atoms with Gasteiger partial charge in [0.2, 0.25) is 15.9 Å². The Labute approximate surface area is 188 Å². The molecule has 0 aromatic heterocycles. The Morgan fingerprint density at radius 1 is 1.22 bits per heavy atom. The standard InChI is InChI=1S/C22H27N3O6S/c1-6-25(16-7-9-17(30-5)10-8-16)21(26)13-24(4)32(28,29)20-12-19-18(11-14(20)2)23-22(27)15(3)31-19/h7-12,15H,6,13H2,1-5H3,(H,23,27). The lowest BCUT2D eigenvalue weighted by atomic mass is 10.1. The van der Waals surface area contributed by atoms with Crippen LogP contribution in [-0.2, 0) is 19.6 Å². The molecule has 3 rings (SSSR count). The second kappa shape index (κ2) is 9.17. The van der Waals surface area contributed by atoms with Gasteiger partial charge in [0.25, 0.3) is 5.91 Å². The van der Waals surface area contributed by atoms with Crippen molar-refractivity contribution in [1.82, 2.24) is 4.31 Å². The zero-order chi connectivity index (χ0) is 23.6. The van der Waals surface area contributed by atoms with E-state index in [0.29, 0.717) is 29.2 Å². The van der Waals surface area contributed by atoms with Gasteiger partial charge in [-0.15, -0.1) is 0 Å². The van der Waals surface area contributed by atoms with Crippen molar-refractivity contribution in [2.45, 2.75) is 31.8 Å². The third-order valence-corrected chi connectivity index (χ3v) is 7.20. The smallest absolute Gasteiger partial charge is 0.265 e. The summed E-state index contributed by atoms with van der Waals surface area (Å²) in [6.45, 7) is 5.06. The largest absolute Gasteiger partial charge is 0.497 e. The van der Waals surface area contributed by atoms with Crippen LogP contribution >= 0.6 is 0 Å². The van der Waals surface area contributed by atoms with E-state index < -0.39 is 16.1 Å². The Hall–Kier alpha value is -3.11. The molecule has 0 spiro atoms. The molecule has 2 aromatic rings. The van der Waals surface area contributed by atoms with Crippen molar-refractivity contribution in [3.8, 4) is 11.5 Å². The van der Waals surface area contributed by atoms with Gasteiger partial charge in [0.05, 0.1) is 24.2 Å². The van der Waals surface area contributed by atoms with Gasteiger partial charge in [-0.05, 0) is 56.7 Å². The first-order valence-corrected chi connectivity index (χ1v) is 11.6. The number of benzene rings is 2. The van der Waals surface area contributed by atoms with Crippen LogP contribution in [0.4, 0.5) is 11.4 Å². The molecular weight excluding hydrogens is 434 g/mol. The molecule has 2 amide bonds. The number of amides is 2. The van der Waals surface area contributed by atoms with Crippen LogP contribution in [0.25, 0.3) is 0 Å². The van der Waals surface area contributed by atoms with E-state index in [2.05, 4.69) is 5.32 Å². The number of nitrogens with zero attached hydrogens (tertiary/aromatic N) is 2. The molecule has 32 heavy (non-hydrogen) atoms. The van der Waals surface area contributed by atoms with Crippen molar-refractivity contribution < 1.29 is 27.5 Å². The minimum Gasteiger partial charge on any atom is -0.497 e. The fourth-order valence-corrected chi connectivity index (χ4v) is 4.75. The van der Waals surface area contributed by atoms with E-state index >= 15 is 0 Å². The van der Waals surface area contributed by atoms with Gasteiger partial charge in [-0.1, -0.05) is 0 Å². The summed E-state index contributed by atoms with van der Waals surface area (Å²) in [4.78, 5) is 26.3. The highest BCUT2D eigenvalue weighted by molar-refractivity contribution is 7.89. The van der Waals surface area contributed by atoms with Crippen LogP contribution in [0.5, 0.6) is 11.5 Å². The van der Waals surface area contributed by atoms with E-state index in [1.807, 2.05) is 6.92 Å². The quantitative estimate of drug-likeness (QED) is 0.679. The summed E-state index contributed by atoms with van der Waals surface area (Å²) in [5.74, 6) is 0.270. The van der Waals surface area contributed by atoms with Crippen molar-refractivity contribution in [3.63, 3.8) is 0 Å². The summed E-state index contributed by atoms with van der Waals surface area (Å²) < 4.78 is 38.2. The van der Waals surface area contributed by atoms with Gasteiger partial charge >= 0.3 is 0 Å². The highest BCUT2D eigenvalue weighted by Crippen LogP contribution is 2.35. The number of likely N-dealkylation sites (N-methyl/N-ethyl adjacent to an activating group) is 2. The minimum atomic E-state index is -3.99. The molecular formula is C22H27N3O6S. The van der Waals surface area contributed by atoms with Crippen molar-refractivity contribution >= 4 is 33.2 Å². The molecule has 0 radical (unpaired) electrons. The molecule has 0 bridgehead atoms. The number of carbonyl (C=O) groups is 2. The molecule has 0 saturated carbocycles. The third-order valence-electron chi connectivity index (χ3n) is 5.26. The van der Waals surface area contributed by atoms with Gasteiger partial charge < -0.3 is 19.7 Å². The van der Waals surface area contributed by atoms with Crippen LogP contribution < -0.4 is 19.7 Å². The lowest BCUT2D eigenvalue weighted by Gasteiger charge is -2.27. The predicted molar refractivity (Wildman–Crippen MR) is 121 cm³/mol. The Morgan fingerprint density at radius 3 is 2.47 bits per heavy atom. The number of sulfonamides is 1. The summed E-state index contributed by atoms with van der Waals surface area (Å²) in [5, 5.41) is 2.70. The average Bonchev–Trinajstić information content (AvgIpc) is 2.75. The fourth-order valence-electron chi connectivity index (χ4n) is 3.41. The van der Waals surface area contributed by atoms with E-state index in [4.69, 9.17) is 9.47 Å². The Kier molecular flexibility index (Phi) is 6.75. The van der Waals surface area contributed by atoms with Crippen molar-refractivity contribution in [2.75, 3.05) is 37.5 Å². The summed E-state index contributed by atoms with van der Waals surface area (Å²) in [6.07, 6.45) is -0.734. The van der Waals surface area contributed by atoms with Crippen molar-refractivity contribution in [3.05, 3.63) is 42.0 Å². The SMILES string of the molecule is CCN(C(=O)CN(C)S(=O)(=O)c1cc2c(cc1C)NC(=O)C(C)O2)c1ccc(OC)cc1. The molecule has 10 heteroatoms. The topological polar surface area (TPSA) is 105 Å². The zero-order valence-electron chi connectivity index (χ0n) is 18.7. The number of rotatable bonds is 7. The summed E-state index contributed by atoms with van der Waals surface area (Å²) in [7, 11) is -1.07. The number of ether oxygens (including phenoxy) is 2. The van der Waals surface area contributed by atoms with Crippen LogP contribution in [0.2, 0.25) is 0 Å². The maximum Gasteiger partial charge on any atom is 0.265 e. The highest BCUT2D eigenvalue weighted by Gasteiger charge is 2.30. The number of hydrogen-bond acceptors (Lipinski definition) is 6. The molecule has 0 fully saturated rings. The molecule has 1 atom stereocenters. The first kappa shape index (κ1) is 23.6. The van der Waals surface area contributed by atoms with Crippen LogP contribution in [0.1, 0.15) is 19.4 Å². The van der Waals surface area contributed by atoms with Gasteiger partial charge in [-0.2, -0.15) is 4.31 Å². The molecule has 172 valence electrons. The lowest BCUT2D eigenvalue weighted by Crippen LogP contribution is -2.41. The number of carbonyl (C=O) groups excluding carboxylic acids is 2.